The highest BCUT2D eigenvalue weighted by atomic mass is 16.5. The predicted octanol–water partition coefficient (Wildman–Crippen LogP) is 5.74. The first-order valence-corrected chi connectivity index (χ1v) is 15.1. The highest BCUT2D eigenvalue weighted by Crippen LogP contribution is 2.45. The number of carbonyl (C=O) groups excluding carboxylic acids is 1. The van der Waals surface area contributed by atoms with Gasteiger partial charge in [0, 0.05) is 49.7 Å². The maximum atomic E-state index is 13.8. The van der Waals surface area contributed by atoms with Gasteiger partial charge in [-0.25, -0.2) is 0 Å². The normalized spacial score (nSPS) is 23.8. The SMILES string of the molecule is CCc1ccc(OC)c(CN[C@H]2[C@H]3CCN(C[C@@H]3C(=O)N(CC)CC)[C@H]2C(c2ccccc2)c2ccccc2)c1. The van der Waals surface area contributed by atoms with E-state index in [2.05, 4.69) is 110 Å². The minimum absolute atomic E-state index is 0.0125. The van der Waals surface area contributed by atoms with Crippen LogP contribution in [0.5, 0.6) is 5.75 Å². The molecular weight excluding hydrogens is 494 g/mol. The van der Waals surface area contributed by atoms with Gasteiger partial charge in [0.25, 0.3) is 0 Å². The first-order valence-electron chi connectivity index (χ1n) is 15.1. The number of hydrogen-bond acceptors (Lipinski definition) is 4. The molecule has 2 bridgehead atoms. The third kappa shape index (κ3) is 5.68. The van der Waals surface area contributed by atoms with Crippen molar-refractivity contribution < 1.29 is 9.53 Å². The summed E-state index contributed by atoms with van der Waals surface area (Å²) < 4.78 is 5.77. The fourth-order valence-electron chi connectivity index (χ4n) is 7.22. The van der Waals surface area contributed by atoms with E-state index in [4.69, 9.17) is 4.74 Å². The number of amides is 1. The molecule has 3 heterocycles. The Morgan fingerprint density at radius 3 is 2.20 bits per heavy atom. The van der Waals surface area contributed by atoms with Crippen LogP contribution in [0.15, 0.2) is 78.9 Å². The van der Waals surface area contributed by atoms with Crippen LogP contribution in [0.4, 0.5) is 0 Å². The van der Waals surface area contributed by atoms with Gasteiger partial charge >= 0.3 is 0 Å². The van der Waals surface area contributed by atoms with Gasteiger partial charge in [-0.3, -0.25) is 9.69 Å². The van der Waals surface area contributed by atoms with Gasteiger partial charge in [0.05, 0.1) is 13.0 Å². The Bertz CT molecular complexity index is 1200. The summed E-state index contributed by atoms with van der Waals surface area (Å²) in [7, 11) is 1.75. The maximum Gasteiger partial charge on any atom is 0.227 e. The molecule has 3 aliphatic rings. The molecule has 3 aromatic rings. The number of hydrogen-bond donors (Lipinski definition) is 1. The quantitative estimate of drug-likeness (QED) is 0.338. The van der Waals surface area contributed by atoms with E-state index in [0.717, 1.165) is 44.8 Å². The van der Waals surface area contributed by atoms with E-state index >= 15 is 0 Å². The standard InChI is InChI=1S/C35H45N3O2/c1-5-25-18-19-31(40-4)28(22-25)23-36-33-29-20-21-38(24-30(29)35(39)37(6-2)7-3)34(33)32(26-14-10-8-11-15-26)27-16-12-9-13-17-27/h8-19,22,29-30,32-34,36H,5-7,20-21,23-24H2,1-4H3/t29-,30-,33-,34-/m0/s1. The van der Waals surface area contributed by atoms with Crippen molar-refractivity contribution >= 4 is 5.91 Å². The van der Waals surface area contributed by atoms with Crippen molar-refractivity contribution in [3.63, 3.8) is 0 Å². The second-order valence-corrected chi connectivity index (χ2v) is 11.3. The maximum absolute atomic E-state index is 13.8. The van der Waals surface area contributed by atoms with Crippen LogP contribution in [-0.2, 0) is 17.8 Å². The zero-order chi connectivity index (χ0) is 28.1. The van der Waals surface area contributed by atoms with E-state index < -0.39 is 0 Å². The van der Waals surface area contributed by atoms with E-state index in [-0.39, 0.29) is 29.8 Å². The molecule has 5 nitrogen and oxygen atoms in total. The molecule has 3 saturated heterocycles. The van der Waals surface area contributed by atoms with Crippen LogP contribution < -0.4 is 10.1 Å². The highest BCUT2D eigenvalue weighted by molar-refractivity contribution is 5.80. The lowest BCUT2D eigenvalue weighted by Crippen LogP contribution is -2.69. The Morgan fingerprint density at radius 2 is 1.62 bits per heavy atom. The minimum Gasteiger partial charge on any atom is -0.496 e. The zero-order valence-corrected chi connectivity index (χ0v) is 24.6. The van der Waals surface area contributed by atoms with Crippen molar-refractivity contribution in [3.8, 4) is 5.75 Å². The Hall–Kier alpha value is -3.15. The van der Waals surface area contributed by atoms with Crippen molar-refractivity contribution in [3.05, 3.63) is 101 Å². The van der Waals surface area contributed by atoms with Gasteiger partial charge in [-0.1, -0.05) is 79.7 Å². The van der Waals surface area contributed by atoms with Crippen LogP contribution in [0.3, 0.4) is 0 Å². The van der Waals surface area contributed by atoms with Gasteiger partial charge in [-0.15, -0.1) is 0 Å². The Morgan fingerprint density at radius 1 is 0.975 bits per heavy atom. The summed E-state index contributed by atoms with van der Waals surface area (Å²) in [4.78, 5) is 18.5. The second-order valence-electron chi connectivity index (χ2n) is 11.3. The summed E-state index contributed by atoms with van der Waals surface area (Å²) in [6, 6.07) is 28.8. The number of carbonyl (C=O) groups is 1. The van der Waals surface area contributed by atoms with E-state index in [0.29, 0.717) is 12.5 Å². The molecule has 3 aliphatic heterocycles. The summed E-state index contributed by atoms with van der Waals surface area (Å²) in [5.41, 5.74) is 5.15. The molecule has 40 heavy (non-hydrogen) atoms. The summed E-state index contributed by atoms with van der Waals surface area (Å²) >= 11 is 0. The van der Waals surface area contributed by atoms with Gasteiger partial charge in [-0.05, 0) is 61.9 Å². The van der Waals surface area contributed by atoms with Crippen LogP contribution in [0, 0.1) is 11.8 Å². The molecule has 1 unspecified atom stereocenters. The summed E-state index contributed by atoms with van der Waals surface area (Å²) in [5, 5.41) is 4.03. The average molecular weight is 540 g/mol. The molecular formula is C35H45N3O2. The first-order chi connectivity index (χ1) is 19.6. The lowest BCUT2D eigenvalue weighted by atomic mass is 9.66. The summed E-state index contributed by atoms with van der Waals surface area (Å²) in [6.07, 6.45) is 2.03. The average Bonchev–Trinajstić information content (AvgIpc) is 3.02. The third-order valence-corrected chi connectivity index (χ3v) is 9.28. The summed E-state index contributed by atoms with van der Waals surface area (Å²) in [6.45, 7) is 10.5. The van der Waals surface area contributed by atoms with Crippen LogP contribution in [-0.4, -0.2) is 61.1 Å². The number of nitrogens with one attached hydrogen (secondary N) is 1. The van der Waals surface area contributed by atoms with Crippen molar-refractivity contribution in [2.45, 2.75) is 58.2 Å². The number of rotatable bonds is 11. The molecule has 0 saturated carbocycles. The molecule has 1 amide bonds. The van der Waals surface area contributed by atoms with E-state index in [1.807, 2.05) is 4.90 Å². The molecule has 0 aliphatic carbocycles. The molecule has 0 aromatic heterocycles. The summed E-state index contributed by atoms with van der Waals surface area (Å²) in [5.74, 6) is 1.72. The second kappa shape index (κ2) is 13.0. The molecule has 3 aromatic carbocycles. The number of methoxy groups -OCH3 is 1. The van der Waals surface area contributed by atoms with Crippen molar-refractivity contribution in [2.24, 2.45) is 11.8 Å². The molecule has 0 spiro atoms. The topological polar surface area (TPSA) is 44.8 Å². The van der Waals surface area contributed by atoms with Crippen LogP contribution in [0.25, 0.3) is 0 Å². The van der Waals surface area contributed by atoms with E-state index in [9.17, 15) is 4.79 Å². The fourth-order valence-corrected chi connectivity index (χ4v) is 7.22. The smallest absolute Gasteiger partial charge is 0.227 e. The molecule has 0 radical (unpaired) electrons. The van der Waals surface area contributed by atoms with Crippen LogP contribution in [0.1, 0.15) is 55.4 Å². The van der Waals surface area contributed by atoms with Gasteiger partial charge in [0.1, 0.15) is 5.75 Å². The zero-order valence-electron chi connectivity index (χ0n) is 24.6. The molecule has 6 rings (SSSR count). The Labute approximate surface area is 240 Å². The van der Waals surface area contributed by atoms with Gasteiger partial charge < -0.3 is 15.0 Å². The number of ether oxygens (including phenoxy) is 1. The number of aryl methyl sites for hydroxylation is 1. The van der Waals surface area contributed by atoms with Gasteiger partial charge in [0.15, 0.2) is 0 Å². The molecule has 1 N–H and O–H groups in total. The van der Waals surface area contributed by atoms with Gasteiger partial charge in [-0.2, -0.15) is 0 Å². The monoisotopic (exact) mass is 539 g/mol. The van der Waals surface area contributed by atoms with Crippen molar-refractivity contribution in [1.82, 2.24) is 15.1 Å². The van der Waals surface area contributed by atoms with Crippen molar-refractivity contribution in [1.29, 1.82) is 0 Å². The first kappa shape index (κ1) is 28.4. The van der Waals surface area contributed by atoms with Crippen molar-refractivity contribution in [2.75, 3.05) is 33.3 Å². The van der Waals surface area contributed by atoms with Crippen LogP contribution >= 0.6 is 0 Å². The number of benzene rings is 3. The molecule has 5 heteroatoms. The molecule has 3 fully saturated rings. The van der Waals surface area contributed by atoms with Gasteiger partial charge in [0.2, 0.25) is 5.91 Å². The number of fused-ring (bicyclic) bond motifs is 3. The molecule has 5 atom stereocenters. The fraction of sp³-hybridized carbons (Fsp3) is 0.457. The third-order valence-electron chi connectivity index (χ3n) is 9.28. The van der Waals surface area contributed by atoms with E-state index in [1.165, 1.54) is 22.3 Å². The highest BCUT2D eigenvalue weighted by Gasteiger charge is 2.52. The molecule has 212 valence electrons. The minimum atomic E-state index is 0.0125. The number of piperidine rings is 3. The number of nitrogens with zero attached hydrogens (tertiary/aromatic N) is 2. The predicted molar refractivity (Wildman–Crippen MR) is 163 cm³/mol. The lowest BCUT2D eigenvalue weighted by Gasteiger charge is -2.57. The Kier molecular flexibility index (Phi) is 9.23. The Balaban J connectivity index is 1.55. The van der Waals surface area contributed by atoms with E-state index in [1.54, 1.807) is 7.11 Å². The van der Waals surface area contributed by atoms with Crippen LogP contribution in [0.2, 0.25) is 0 Å². The lowest BCUT2D eigenvalue weighted by molar-refractivity contribution is -0.145. The largest absolute Gasteiger partial charge is 0.496 e.